The number of non-ortho nitro benzene ring substituents is 1. The van der Waals surface area contributed by atoms with Crippen LogP contribution >= 0.6 is 0 Å². The van der Waals surface area contributed by atoms with Crippen LogP contribution in [0, 0.1) is 17.0 Å². The van der Waals surface area contributed by atoms with E-state index in [9.17, 15) is 14.9 Å². The van der Waals surface area contributed by atoms with Crippen molar-refractivity contribution in [1.29, 1.82) is 0 Å². The zero-order chi connectivity index (χ0) is 19.8. The van der Waals surface area contributed by atoms with Crippen LogP contribution in [0.15, 0.2) is 42.5 Å². The Kier molecular flexibility index (Phi) is 6.93. The van der Waals surface area contributed by atoms with E-state index in [1.165, 1.54) is 18.2 Å². The molecule has 2 aromatic rings. The number of nitrogens with zero attached hydrogens (tertiary/aromatic N) is 1. The van der Waals surface area contributed by atoms with Gasteiger partial charge in [0.15, 0.2) is 11.5 Å². The Labute approximate surface area is 157 Å². The van der Waals surface area contributed by atoms with Crippen LogP contribution < -0.4 is 14.8 Å². The maximum atomic E-state index is 12.2. The van der Waals surface area contributed by atoms with Crippen molar-refractivity contribution in [2.24, 2.45) is 0 Å². The molecule has 0 aliphatic carbocycles. The van der Waals surface area contributed by atoms with Crippen molar-refractivity contribution in [3.63, 3.8) is 0 Å². The Morgan fingerprint density at radius 3 is 2.67 bits per heavy atom. The number of ether oxygens (including phenoxy) is 2. The van der Waals surface area contributed by atoms with Crippen LogP contribution in [0.25, 0.3) is 6.08 Å². The first-order valence-corrected chi connectivity index (χ1v) is 8.49. The standard InChI is InChI=1S/C20H22N2O5/c1-4-11-27-18-9-6-15(12-19(18)26-3)7-10-20(23)21-17-13-16(22(24)25)8-5-14(17)2/h5-10,12-13H,4,11H2,1-3H3,(H,21,23). The largest absolute Gasteiger partial charge is 0.493 e. The third-order valence-electron chi connectivity index (χ3n) is 3.77. The Morgan fingerprint density at radius 1 is 1.22 bits per heavy atom. The number of hydrogen-bond donors (Lipinski definition) is 1. The summed E-state index contributed by atoms with van der Waals surface area (Å²) in [4.78, 5) is 22.5. The fourth-order valence-corrected chi connectivity index (χ4v) is 2.32. The molecule has 0 aliphatic rings. The summed E-state index contributed by atoms with van der Waals surface area (Å²) in [6.07, 6.45) is 3.88. The molecule has 0 bridgehead atoms. The van der Waals surface area contributed by atoms with Crippen molar-refractivity contribution in [2.45, 2.75) is 20.3 Å². The summed E-state index contributed by atoms with van der Waals surface area (Å²) < 4.78 is 10.9. The van der Waals surface area contributed by atoms with Gasteiger partial charge >= 0.3 is 0 Å². The molecule has 1 amide bonds. The molecular formula is C20H22N2O5. The molecule has 0 saturated heterocycles. The average molecular weight is 370 g/mol. The molecule has 7 nitrogen and oxygen atoms in total. The molecule has 27 heavy (non-hydrogen) atoms. The molecule has 0 heterocycles. The number of nitrogens with one attached hydrogen (secondary N) is 1. The van der Waals surface area contributed by atoms with E-state index in [1.807, 2.05) is 13.0 Å². The number of amides is 1. The van der Waals surface area contributed by atoms with E-state index in [0.29, 0.717) is 23.8 Å². The number of methoxy groups -OCH3 is 1. The number of benzene rings is 2. The van der Waals surface area contributed by atoms with Crippen molar-refractivity contribution in [3.05, 3.63) is 63.7 Å². The number of rotatable bonds is 8. The summed E-state index contributed by atoms with van der Waals surface area (Å²) in [6.45, 7) is 4.38. The SMILES string of the molecule is CCCOc1ccc(C=CC(=O)Nc2cc([N+](=O)[O-])ccc2C)cc1OC. The smallest absolute Gasteiger partial charge is 0.271 e. The molecule has 0 fully saturated rings. The van der Waals surface area contributed by atoms with E-state index in [2.05, 4.69) is 5.32 Å². The lowest BCUT2D eigenvalue weighted by Crippen LogP contribution is -2.09. The van der Waals surface area contributed by atoms with E-state index in [0.717, 1.165) is 17.5 Å². The van der Waals surface area contributed by atoms with Gasteiger partial charge in [0.05, 0.1) is 24.3 Å². The van der Waals surface area contributed by atoms with E-state index in [4.69, 9.17) is 9.47 Å². The number of carbonyl (C=O) groups is 1. The predicted molar refractivity (Wildman–Crippen MR) is 104 cm³/mol. The highest BCUT2D eigenvalue weighted by Crippen LogP contribution is 2.28. The third kappa shape index (κ3) is 5.57. The van der Waals surface area contributed by atoms with E-state index >= 15 is 0 Å². The van der Waals surface area contributed by atoms with Gasteiger partial charge in [0.2, 0.25) is 5.91 Å². The second kappa shape index (κ2) is 9.38. The quantitative estimate of drug-likeness (QED) is 0.424. The van der Waals surface area contributed by atoms with Gasteiger partial charge in [-0.15, -0.1) is 0 Å². The Hall–Kier alpha value is -3.35. The molecule has 0 spiro atoms. The first-order valence-electron chi connectivity index (χ1n) is 8.49. The molecular weight excluding hydrogens is 348 g/mol. The zero-order valence-corrected chi connectivity index (χ0v) is 15.5. The summed E-state index contributed by atoms with van der Waals surface area (Å²) >= 11 is 0. The van der Waals surface area contributed by atoms with Crippen LogP contribution in [0.1, 0.15) is 24.5 Å². The maximum absolute atomic E-state index is 12.2. The van der Waals surface area contributed by atoms with Crippen LogP contribution in [0.4, 0.5) is 11.4 Å². The monoisotopic (exact) mass is 370 g/mol. The number of nitro benzene ring substituents is 1. The fourth-order valence-electron chi connectivity index (χ4n) is 2.32. The average Bonchev–Trinajstić information content (AvgIpc) is 2.66. The van der Waals surface area contributed by atoms with Gasteiger partial charge in [-0.25, -0.2) is 0 Å². The van der Waals surface area contributed by atoms with Crippen molar-refractivity contribution in [2.75, 3.05) is 19.0 Å². The number of anilines is 1. The van der Waals surface area contributed by atoms with Gasteiger partial charge in [-0.05, 0) is 42.7 Å². The Morgan fingerprint density at radius 2 is 2.00 bits per heavy atom. The molecule has 0 atom stereocenters. The molecule has 0 unspecified atom stereocenters. The molecule has 7 heteroatoms. The van der Waals surface area contributed by atoms with Gasteiger partial charge in [-0.1, -0.05) is 19.1 Å². The summed E-state index contributed by atoms with van der Waals surface area (Å²) in [5.41, 5.74) is 1.83. The van der Waals surface area contributed by atoms with Crippen LogP contribution in [0.3, 0.4) is 0 Å². The van der Waals surface area contributed by atoms with E-state index in [1.54, 1.807) is 38.3 Å². The molecule has 2 rings (SSSR count). The Bertz CT molecular complexity index is 861. The van der Waals surface area contributed by atoms with E-state index in [-0.39, 0.29) is 11.6 Å². The number of hydrogen-bond acceptors (Lipinski definition) is 5. The van der Waals surface area contributed by atoms with Crippen LogP contribution in [-0.4, -0.2) is 24.5 Å². The zero-order valence-electron chi connectivity index (χ0n) is 15.5. The lowest BCUT2D eigenvalue weighted by molar-refractivity contribution is -0.384. The van der Waals surface area contributed by atoms with Crippen molar-refractivity contribution in [1.82, 2.24) is 0 Å². The highest BCUT2D eigenvalue weighted by Gasteiger charge is 2.10. The number of aryl methyl sites for hydroxylation is 1. The molecule has 142 valence electrons. The number of nitro groups is 1. The van der Waals surface area contributed by atoms with Gasteiger partial charge in [0.25, 0.3) is 5.69 Å². The summed E-state index contributed by atoms with van der Waals surface area (Å²) in [7, 11) is 1.55. The molecule has 0 saturated carbocycles. The molecule has 1 N–H and O–H groups in total. The maximum Gasteiger partial charge on any atom is 0.271 e. The summed E-state index contributed by atoms with van der Waals surface area (Å²) in [5.74, 6) is 0.845. The lowest BCUT2D eigenvalue weighted by atomic mass is 10.1. The first kappa shape index (κ1) is 20.0. The lowest BCUT2D eigenvalue weighted by Gasteiger charge is -2.10. The van der Waals surface area contributed by atoms with Gasteiger partial charge in [0.1, 0.15) is 0 Å². The normalized spacial score (nSPS) is 10.6. The second-order valence-corrected chi connectivity index (χ2v) is 5.84. The summed E-state index contributed by atoms with van der Waals surface area (Å²) in [6, 6.07) is 9.71. The molecule has 2 aromatic carbocycles. The summed E-state index contributed by atoms with van der Waals surface area (Å²) in [5, 5.41) is 13.5. The Balaban J connectivity index is 2.10. The van der Waals surface area contributed by atoms with Crippen molar-refractivity contribution in [3.8, 4) is 11.5 Å². The fraction of sp³-hybridized carbons (Fsp3) is 0.250. The van der Waals surface area contributed by atoms with Gasteiger partial charge in [0, 0.05) is 18.2 Å². The van der Waals surface area contributed by atoms with Crippen LogP contribution in [0.5, 0.6) is 11.5 Å². The van der Waals surface area contributed by atoms with Gasteiger partial charge < -0.3 is 14.8 Å². The minimum absolute atomic E-state index is 0.0766. The second-order valence-electron chi connectivity index (χ2n) is 5.84. The molecule has 0 aromatic heterocycles. The first-order chi connectivity index (χ1) is 12.9. The van der Waals surface area contributed by atoms with Crippen LogP contribution in [-0.2, 0) is 4.79 Å². The highest BCUT2D eigenvalue weighted by atomic mass is 16.6. The predicted octanol–water partition coefficient (Wildman–Crippen LogP) is 4.35. The number of carbonyl (C=O) groups excluding carboxylic acids is 1. The van der Waals surface area contributed by atoms with Crippen molar-refractivity contribution >= 4 is 23.4 Å². The van der Waals surface area contributed by atoms with Gasteiger partial charge in [-0.2, -0.15) is 0 Å². The minimum Gasteiger partial charge on any atom is -0.493 e. The topological polar surface area (TPSA) is 90.7 Å². The van der Waals surface area contributed by atoms with E-state index < -0.39 is 4.92 Å². The molecule has 0 aliphatic heterocycles. The third-order valence-corrected chi connectivity index (χ3v) is 3.77. The minimum atomic E-state index is -0.501. The van der Waals surface area contributed by atoms with Crippen molar-refractivity contribution < 1.29 is 19.2 Å². The highest BCUT2D eigenvalue weighted by molar-refractivity contribution is 6.02. The van der Waals surface area contributed by atoms with Gasteiger partial charge in [-0.3, -0.25) is 14.9 Å². The molecule has 0 radical (unpaired) electrons. The van der Waals surface area contributed by atoms with Crippen LogP contribution in [0.2, 0.25) is 0 Å².